The summed E-state index contributed by atoms with van der Waals surface area (Å²) in [7, 11) is 1.81. The van der Waals surface area contributed by atoms with Gasteiger partial charge in [-0.1, -0.05) is 232 Å². The molecular formula is C128H154O15. The summed E-state index contributed by atoms with van der Waals surface area (Å²) in [6, 6.07) is 0. The van der Waals surface area contributed by atoms with Crippen molar-refractivity contribution in [2.24, 2.45) is 142 Å². The van der Waals surface area contributed by atoms with E-state index in [0.717, 1.165) is 170 Å². The van der Waals surface area contributed by atoms with Crippen LogP contribution in [-0.4, -0.2) is 104 Å². The van der Waals surface area contributed by atoms with Crippen LogP contribution >= 0.6 is 0 Å². The van der Waals surface area contributed by atoms with Crippen molar-refractivity contribution in [3.8, 4) is 12.3 Å². The van der Waals surface area contributed by atoms with Gasteiger partial charge in [-0.2, -0.15) is 0 Å². The number of aliphatic hydroxyl groups is 2. The van der Waals surface area contributed by atoms with Gasteiger partial charge in [-0.15, -0.1) is 13.0 Å². The Morgan fingerprint density at radius 1 is 0.399 bits per heavy atom. The number of carbonyl (C=O) groups excluding carboxylic acids is 9. The zero-order valence-electron chi connectivity index (χ0n) is 87.6. The van der Waals surface area contributed by atoms with E-state index in [0.29, 0.717) is 122 Å². The molecular weight excluding hydrogens is 1780 g/mol. The van der Waals surface area contributed by atoms with E-state index in [1.54, 1.807) is 18.8 Å². The Morgan fingerprint density at radius 2 is 0.769 bits per heavy atom. The number of allylic oxidation sites excluding steroid dienone is 36. The molecule has 0 bridgehead atoms. The first kappa shape index (κ1) is 98.6. The Bertz CT molecular complexity index is 6270. The number of terminal acetylenes is 1. The van der Waals surface area contributed by atoms with Gasteiger partial charge in [-0.3, -0.25) is 43.2 Å². The number of fused-ring (bicyclic) bond motifs is 33. The highest BCUT2D eigenvalue weighted by Crippen LogP contribution is 2.75. The fourth-order valence-electron chi connectivity index (χ4n) is 36.4. The molecule has 30 atom stereocenters. The van der Waals surface area contributed by atoms with Gasteiger partial charge in [0.2, 0.25) is 0 Å². The maximum Gasteiger partial charge on any atom is 0.317 e. The number of Topliss-reactive ketones (excluding diaryl/α,β-unsaturated/α-hetero) is 2. The quantitative estimate of drug-likeness (QED) is 0.0879. The van der Waals surface area contributed by atoms with Crippen molar-refractivity contribution in [2.45, 2.75) is 336 Å². The first-order valence-electron chi connectivity index (χ1n) is 55.3. The number of ketones is 7. The second-order valence-corrected chi connectivity index (χ2v) is 52.2. The van der Waals surface area contributed by atoms with Gasteiger partial charge in [0.15, 0.2) is 28.9 Å². The summed E-state index contributed by atoms with van der Waals surface area (Å²) in [5.74, 6) is 10.2. The van der Waals surface area contributed by atoms with Crippen LogP contribution in [0.15, 0.2) is 225 Å². The van der Waals surface area contributed by atoms with E-state index in [9.17, 15) is 53.4 Å². The molecule has 0 aromatic carbocycles. The van der Waals surface area contributed by atoms with E-state index in [1.807, 2.05) is 30.4 Å². The number of ether oxygens (including phenoxy) is 4. The van der Waals surface area contributed by atoms with Gasteiger partial charge in [-0.25, -0.2) is 0 Å². The second kappa shape index (κ2) is 33.7. The number of epoxide rings is 1. The van der Waals surface area contributed by atoms with E-state index in [4.69, 9.17) is 25.4 Å². The molecule has 0 aromatic rings. The molecule has 27 aliphatic rings. The van der Waals surface area contributed by atoms with Crippen LogP contribution in [0.3, 0.4) is 0 Å². The topological polar surface area (TPSA) is 234 Å². The molecule has 0 radical (unpaired) electrons. The third kappa shape index (κ3) is 14.2. The molecule has 15 heteroatoms. The first-order valence-corrected chi connectivity index (χ1v) is 55.3. The standard InChI is InChI=1S/C24H28O4.C22H26O3.C21H28O2.C21H26O2.C21H24O2.C19H22O2/c1-14(25)18-13-24(28-21(18)27)11-8-20-17-5-4-15-12-16(26)6-9-22(15,2)19(17)7-10-23(20,24)3;1-20-9-5-15(23)13-14(20)3-4-16-17(20)6-10-21(2)18(16)7-11-22(21)12-8-19(24)25-22;1-19-9-6-15(22-3)12-14(19)4-5-16-17(19)7-10-20(2)18(16)8-11-21(20)13-23-21;2*1-4-21(23)12-9-18-16-6-5-14-13-15(22)7-10-19(14,2)17(16)8-11-20(18,21)3;1-18-9-7-13(20)11-12(18)3-4-14-15-5-6-17(21)19(15,2)10-8-16(14)18/h4-5,7,12,17-18,20H,6,8-11,13H2,1-3H3;3-4,6,13,16,18H,5,7-12H2,1-2H3;4,7,12,16,18H,5-6,8-11,13H2,1-3H3;4-6,8,13,16,18,23H,1,7,9-12H2,2-3H3;1,5-6,8,13,16,18,23H,7,9-12H2,2-3H3;3-4,8,11,14-15H,5-7,9-10H2,1-2H3/t17?,18?,20?,22-,23-,24?;16?,18?,20-,21-,22?;3*16?,18?,19-,20-,21?;14?,15?,18-,19-/m000000/s1. The number of carbonyl (C=O) groups is 9. The summed E-state index contributed by atoms with van der Waals surface area (Å²) in [5, 5.41) is 22.0. The maximum absolute atomic E-state index is 12.4. The molecule has 27 rings (SSSR count). The predicted octanol–water partition coefficient (Wildman–Crippen LogP) is 24.7. The van der Waals surface area contributed by atoms with Gasteiger partial charge in [0, 0.05) is 152 Å². The average molecular weight is 1930 g/mol. The minimum absolute atomic E-state index is 0.00351. The lowest BCUT2D eigenvalue weighted by molar-refractivity contribution is -0.162. The molecule has 756 valence electrons. The molecule has 2 N–H and O–H groups in total. The minimum atomic E-state index is -0.993. The lowest BCUT2D eigenvalue weighted by Crippen LogP contribution is -2.50. The molecule has 0 amide bonds. The largest absolute Gasteiger partial charge is 0.501 e. The van der Waals surface area contributed by atoms with Crippen LogP contribution in [0.2, 0.25) is 0 Å². The third-order valence-electron chi connectivity index (χ3n) is 46.6. The number of hydrogen-bond acceptors (Lipinski definition) is 15. The highest BCUT2D eigenvalue weighted by atomic mass is 16.6. The summed E-state index contributed by atoms with van der Waals surface area (Å²) in [5.41, 5.74) is 14.1. The highest BCUT2D eigenvalue weighted by Gasteiger charge is 2.72. The molecule has 3 spiro atoms. The third-order valence-corrected chi connectivity index (χ3v) is 46.6. The Labute approximate surface area is 848 Å². The molecule has 18 unspecified atom stereocenters. The summed E-state index contributed by atoms with van der Waals surface area (Å²) >= 11 is 0. The molecule has 0 aromatic heterocycles. The van der Waals surface area contributed by atoms with Crippen LogP contribution in [0.25, 0.3) is 0 Å². The van der Waals surface area contributed by atoms with Crippen molar-refractivity contribution in [1.82, 2.24) is 0 Å². The molecule has 143 heavy (non-hydrogen) atoms. The summed E-state index contributed by atoms with van der Waals surface area (Å²) in [6.45, 7) is 34.0. The lowest BCUT2D eigenvalue weighted by Gasteiger charge is -2.52. The van der Waals surface area contributed by atoms with Crippen molar-refractivity contribution < 1.29 is 72.3 Å². The number of rotatable bonds is 3. The molecule has 24 aliphatic carbocycles. The van der Waals surface area contributed by atoms with Crippen LogP contribution < -0.4 is 0 Å². The minimum Gasteiger partial charge on any atom is -0.501 e. The number of hydrogen-bond donors (Lipinski definition) is 2. The van der Waals surface area contributed by atoms with Crippen LogP contribution in [0.4, 0.5) is 0 Å². The van der Waals surface area contributed by atoms with Crippen molar-refractivity contribution in [3.63, 3.8) is 0 Å². The van der Waals surface area contributed by atoms with Crippen molar-refractivity contribution in [2.75, 3.05) is 13.7 Å². The highest BCUT2D eigenvalue weighted by molar-refractivity contribution is 6.00. The van der Waals surface area contributed by atoms with Crippen molar-refractivity contribution in [1.29, 1.82) is 0 Å². The monoisotopic (exact) mass is 1930 g/mol. The van der Waals surface area contributed by atoms with Crippen LogP contribution in [0.5, 0.6) is 0 Å². The molecule has 9 fully saturated rings. The van der Waals surface area contributed by atoms with E-state index < -0.39 is 22.7 Å². The van der Waals surface area contributed by atoms with Gasteiger partial charge in [0.05, 0.1) is 30.7 Å². The Morgan fingerprint density at radius 3 is 1.20 bits per heavy atom. The van der Waals surface area contributed by atoms with E-state index in [2.05, 4.69) is 205 Å². The van der Waals surface area contributed by atoms with Gasteiger partial charge < -0.3 is 29.2 Å². The smallest absolute Gasteiger partial charge is 0.317 e. The van der Waals surface area contributed by atoms with Crippen LogP contribution in [0, 0.1) is 154 Å². The summed E-state index contributed by atoms with van der Waals surface area (Å²) < 4.78 is 23.5. The second-order valence-electron chi connectivity index (χ2n) is 52.2. The van der Waals surface area contributed by atoms with Crippen molar-refractivity contribution >= 4 is 52.4 Å². The van der Waals surface area contributed by atoms with Crippen molar-refractivity contribution in [3.05, 3.63) is 225 Å². The predicted molar refractivity (Wildman–Crippen MR) is 553 cm³/mol. The van der Waals surface area contributed by atoms with Crippen LogP contribution in [0.1, 0.15) is 308 Å². The van der Waals surface area contributed by atoms with Gasteiger partial charge in [0.25, 0.3) is 0 Å². The SMILES string of the molecule is C#CC1(O)CCC2C3C=CC4=CC(=O)CC[C@]4(C)C3=CC[C@@]21C.C=CC1(O)CCC2C3C=CC4=CC(=O)CC[C@]4(C)C3=CC[C@@]21C.CC(=O)C1CC2(CCC3C4C=CC5=CC(=O)CC[C@]5(C)C4=CC[C@@]32C)OC1=O.COC1=CC2=CCC3C(=CC[C@@]4(C)C3CCC43CO3)[C@@]2(C)CC1.C[C@]12CCC(=O)C=C1C=CC1C2=CC[C@@]2(C)C1CCC21CCC(=O)O1.C[C@]12CCC(=O)C=C1C=CC1C2=CC[C@]2(C)C(=O)CCC12. The van der Waals surface area contributed by atoms with Gasteiger partial charge >= 0.3 is 11.9 Å². The number of esters is 2. The summed E-state index contributed by atoms with van der Waals surface area (Å²) in [4.78, 5) is 108. The Kier molecular flexibility index (Phi) is 23.3. The van der Waals surface area contributed by atoms with Gasteiger partial charge in [0.1, 0.15) is 34.3 Å². The van der Waals surface area contributed by atoms with E-state index >= 15 is 0 Å². The first-order chi connectivity index (χ1) is 67.7. The normalized spacial score (nSPS) is 47.5. The molecule has 15 nitrogen and oxygen atoms in total. The maximum atomic E-state index is 12.4. The zero-order valence-corrected chi connectivity index (χ0v) is 87.6. The molecule has 3 aliphatic heterocycles. The Hall–Kier alpha value is -9.07. The zero-order chi connectivity index (χ0) is 101. The van der Waals surface area contributed by atoms with Gasteiger partial charge in [-0.05, 0) is 279 Å². The Balaban J connectivity index is 0.0000000983. The summed E-state index contributed by atoms with van der Waals surface area (Å²) in [6.07, 6.45) is 89.0. The molecule has 3 heterocycles. The lowest BCUT2D eigenvalue weighted by atomic mass is 9.52. The number of methoxy groups -OCH3 is 1. The van der Waals surface area contributed by atoms with E-state index in [-0.39, 0.29) is 117 Å². The van der Waals surface area contributed by atoms with Crippen LogP contribution in [-0.2, 0) is 62.1 Å². The fourth-order valence-corrected chi connectivity index (χ4v) is 36.4. The fraction of sp³-hybridized carbons (Fsp3) is 0.617. The average Bonchev–Trinajstić information content (AvgIpc) is 1.52. The molecule has 3 saturated heterocycles. The van der Waals surface area contributed by atoms with E-state index in [1.165, 1.54) is 89.2 Å². The molecule has 6 saturated carbocycles.